The largest absolute Gasteiger partial charge is 0.344 e. The minimum absolute atomic E-state index is 0.158. The van der Waals surface area contributed by atoms with Gasteiger partial charge >= 0.3 is 0 Å². The van der Waals surface area contributed by atoms with Crippen molar-refractivity contribution in [3.05, 3.63) is 46.0 Å². The lowest BCUT2D eigenvalue weighted by Crippen LogP contribution is -2.27. The van der Waals surface area contributed by atoms with E-state index in [4.69, 9.17) is 11.6 Å². The molecule has 20 heavy (non-hydrogen) atoms. The van der Waals surface area contributed by atoms with Gasteiger partial charge in [0.15, 0.2) is 5.69 Å². The van der Waals surface area contributed by atoms with Gasteiger partial charge in [-0.1, -0.05) is 17.7 Å². The summed E-state index contributed by atoms with van der Waals surface area (Å²) in [4.78, 5) is 16.4. The molecule has 0 saturated heterocycles. The van der Waals surface area contributed by atoms with Gasteiger partial charge in [0.05, 0.1) is 16.8 Å². The van der Waals surface area contributed by atoms with Crippen molar-refractivity contribution in [3.8, 4) is 0 Å². The Kier molecular flexibility index (Phi) is 4.09. The van der Waals surface area contributed by atoms with Crippen LogP contribution in [0.1, 0.15) is 40.4 Å². The van der Waals surface area contributed by atoms with Crippen molar-refractivity contribution in [3.63, 3.8) is 0 Å². The number of aryl methyl sites for hydroxylation is 2. The van der Waals surface area contributed by atoms with Crippen LogP contribution < -0.4 is 5.32 Å². The third-order valence-corrected chi connectivity index (χ3v) is 3.71. The molecule has 0 spiro atoms. The first-order valence-corrected chi connectivity index (χ1v) is 6.70. The van der Waals surface area contributed by atoms with Crippen LogP contribution >= 0.6 is 11.6 Å². The molecular formula is C14H17ClN4O. The third kappa shape index (κ3) is 2.82. The highest BCUT2D eigenvalue weighted by Crippen LogP contribution is 2.20. The maximum absolute atomic E-state index is 12.2. The van der Waals surface area contributed by atoms with E-state index in [9.17, 15) is 4.79 Å². The van der Waals surface area contributed by atoms with Gasteiger partial charge in [0.25, 0.3) is 5.91 Å². The Hall–Kier alpha value is -1.88. The first kappa shape index (κ1) is 14.5. The highest BCUT2D eigenvalue weighted by molar-refractivity contribution is 6.34. The molecule has 6 heteroatoms. The number of aromatic nitrogens is 3. The van der Waals surface area contributed by atoms with Crippen LogP contribution in [-0.4, -0.2) is 20.7 Å². The number of halogens is 1. The number of nitrogens with one attached hydrogen (secondary N) is 1. The van der Waals surface area contributed by atoms with Crippen molar-refractivity contribution in [1.29, 1.82) is 0 Å². The average molecular weight is 293 g/mol. The van der Waals surface area contributed by atoms with Gasteiger partial charge in [-0.2, -0.15) is 5.10 Å². The zero-order valence-electron chi connectivity index (χ0n) is 11.9. The molecule has 0 unspecified atom stereocenters. The molecule has 0 saturated carbocycles. The molecule has 106 valence electrons. The van der Waals surface area contributed by atoms with E-state index in [1.54, 1.807) is 17.9 Å². The van der Waals surface area contributed by atoms with Crippen molar-refractivity contribution >= 4 is 17.5 Å². The molecule has 0 aliphatic rings. The van der Waals surface area contributed by atoms with Crippen molar-refractivity contribution in [2.45, 2.75) is 26.8 Å². The van der Waals surface area contributed by atoms with E-state index in [0.29, 0.717) is 5.02 Å². The number of carbonyl (C=O) groups excluding carboxylic acids is 1. The lowest BCUT2D eigenvalue weighted by atomic mass is 10.1. The zero-order chi connectivity index (χ0) is 14.9. The maximum atomic E-state index is 12.2. The van der Waals surface area contributed by atoms with Gasteiger partial charge in [-0.15, -0.1) is 0 Å². The predicted molar refractivity (Wildman–Crippen MR) is 77.8 cm³/mol. The molecule has 0 aliphatic carbocycles. The predicted octanol–water partition coefficient (Wildman–Crippen LogP) is 2.58. The molecule has 0 aliphatic heterocycles. The van der Waals surface area contributed by atoms with Gasteiger partial charge in [-0.25, -0.2) is 0 Å². The van der Waals surface area contributed by atoms with Gasteiger partial charge in [-0.3, -0.25) is 14.5 Å². The maximum Gasteiger partial charge on any atom is 0.273 e. The molecule has 0 bridgehead atoms. The van der Waals surface area contributed by atoms with Crippen LogP contribution in [0.5, 0.6) is 0 Å². The highest BCUT2D eigenvalue weighted by atomic mass is 35.5. The fourth-order valence-corrected chi connectivity index (χ4v) is 2.06. The SMILES string of the molecule is Cc1ccc([C@H](C)NC(=O)c2nn(C)c(C)c2Cl)cn1. The average Bonchev–Trinajstić information content (AvgIpc) is 2.67. The first-order chi connectivity index (χ1) is 9.40. The van der Waals surface area contributed by atoms with Crippen LogP contribution in [-0.2, 0) is 7.05 Å². The van der Waals surface area contributed by atoms with Crippen LogP contribution in [0, 0.1) is 13.8 Å². The topological polar surface area (TPSA) is 59.8 Å². The second kappa shape index (κ2) is 5.63. The summed E-state index contributed by atoms with van der Waals surface area (Å²) >= 11 is 6.10. The molecule has 1 N–H and O–H groups in total. The van der Waals surface area contributed by atoms with Crippen LogP contribution in [0.4, 0.5) is 0 Å². The molecule has 0 radical (unpaired) electrons. The smallest absolute Gasteiger partial charge is 0.273 e. The Morgan fingerprint density at radius 3 is 2.60 bits per heavy atom. The molecule has 5 nitrogen and oxygen atoms in total. The van der Waals surface area contributed by atoms with Crippen molar-refractivity contribution in [2.75, 3.05) is 0 Å². The molecule has 1 atom stereocenters. The highest BCUT2D eigenvalue weighted by Gasteiger charge is 2.20. The standard InChI is InChI=1S/C14H17ClN4O/c1-8-5-6-11(7-16-8)9(2)17-14(20)13-12(15)10(3)19(4)18-13/h5-7,9H,1-4H3,(H,17,20)/t9-/m0/s1. The Balaban J connectivity index is 2.15. The lowest BCUT2D eigenvalue weighted by molar-refractivity contribution is 0.0934. The Morgan fingerprint density at radius 1 is 1.40 bits per heavy atom. The van der Waals surface area contributed by atoms with E-state index in [-0.39, 0.29) is 17.6 Å². The summed E-state index contributed by atoms with van der Waals surface area (Å²) in [6.45, 7) is 5.64. The number of pyridine rings is 1. The van der Waals surface area contributed by atoms with Gasteiger partial charge in [-0.05, 0) is 32.4 Å². The van der Waals surface area contributed by atoms with Crippen molar-refractivity contribution < 1.29 is 4.79 Å². The Morgan fingerprint density at radius 2 is 2.10 bits per heavy atom. The number of hydrogen-bond acceptors (Lipinski definition) is 3. The number of carbonyl (C=O) groups is 1. The fourth-order valence-electron chi connectivity index (χ4n) is 1.81. The summed E-state index contributed by atoms with van der Waals surface area (Å²) < 4.78 is 1.59. The summed E-state index contributed by atoms with van der Waals surface area (Å²) in [5.41, 5.74) is 2.89. The molecule has 2 heterocycles. The van der Waals surface area contributed by atoms with E-state index in [2.05, 4.69) is 15.4 Å². The van der Waals surface area contributed by atoms with Gasteiger partial charge in [0, 0.05) is 18.9 Å². The van der Waals surface area contributed by atoms with E-state index in [1.165, 1.54) is 0 Å². The molecule has 0 fully saturated rings. The minimum Gasteiger partial charge on any atom is -0.344 e. The summed E-state index contributed by atoms with van der Waals surface area (Å²) in [7, 11) is 1.76. The Labute approximate surface area is 123 Å². The molecular weight excluding hydrogens is 276 g/mol. The van der Waals surface area contributed by atoms with Crippen LogP contribution in [0.2, 0.25) is 5.02 Å². The second-order valence-electron chi connectivity index (χ2n) is 4.80. The normalized spacial score (nSPS) is 12.2. The first-order valence-electron chi connectivity index (χ1n) is 6.32. The fraction of sp³-hybridized carbons (Fsp3) is 0.357. The van der Waals surface area contributed by atoms with Gasteiger partial charge in [0.2, 0.25) is 0 Å². The quantitative estimate of drug-likeness (QED) is 0.946. The summed E-state index contributed by atoms with van der Waals surface area (Å²) in [6, 6.07) is 3.70. The minimum atomic E-state index is -0.285. The number of nitrogens with zero attached hydrogens (tertiary/aromatic N) is 3. The van der Waals surface area contributed by atoms with Crippen LogP contribution in [0.25, 0.3) is 0 Å². The van der Waals surface area contributed by atoms with E-state index in [1.807, 2.05) is 32.9 Å². The number of hydrogen-bond donors (Lipinski definition) is 1. The molecule has 2 aromatic rings. The summed E-state index contributed by atoms with van der Waals surface area (Å²) in [6.07, 6.45) is 1.76. The van der Waals surface area contributed by atoms with Gasteiger partial charge < -0.3 is 5.32 Å². The summed E-state index contributed by atoms with van der Waals surface area (Å²) in [5.74, 6) is -0.285. The van der Waals surface area contributed by atoms with Crippen molar-refractivity contribution in [2.24, 2.45) is 7.05 Å². The van der Waals surface area contributed by atoms with E-state index >= 15 is 0 Å². The monoisotopic (exact) mass is 292 g/mol. The molecule has 2 aromatic heterocycles. The number of rotatable bonds is 3. The van der Waals surface area contributed by atoms with E-state index in [0.717, 1.165) is 17.0 Å². The number of amides is 1. The lowest BCUT2D eigenvalue weighted by Gasteiger charge is -2.13. The molecule has 1 amide bonds. The molecule has 0 aromatic carbocycles. The second-order valence-corrected chi connectivity index (χ2v) is 5.18. The Bertz CT molecular complexity index is 633. The van der Waals surface area contributed by atoms with Crippen molar-refractivity contribution in [1.82, 2.24) is 20.1 Å². The summed E-state index contributed by atoms with van der Waals surface area (Å²) in [5, 5.41) is 7.39. The van der Waals surface area contributed by atoms with Crippen LogP contribution in [0.15, 0.2) is 18.3 Å². The van der Waals surface area contributed by atoms with E-state index < -0.39 is 0 Å². The third-order valence-electron chi connectivity index (χ3n) is 3.26. The zero-order valence-corrected chi connectivity index (χ0v) is 12.7. The van der Waals surface area contributed by atoms with Gasteiger partial charge in [0.1, 0.15) is 0 Å². The van der Waals surface area contributed by atoms with Crippen LogP contribution in [0.3, 0.4) is 0 Å². The molecule has 2 rings (SSSR count).